The highest BCUT2D eigenvalue weighted by molar-refractivity contribution is 7.09. The minimum Gasteiger partial charge on any atom is -0.494 e. The molecule has 0 fully saturated rings. The summed E-state index contributed by atoms with van der Waals surface area (Å²) in [5.74, 6) is 0.114. The summed E-state index contributed by atoms with van der Waals surface area (Å²) in [6.45, 7) is 3.42. The van der Waals surface area contributed by atoms with Crippen LogP contribution in [0.4, 0.5) is 0 Å². The molecule has 2 aromatic heterocycles. The number of H-pyrrole nitrogens is 1. The third-order valence-corrected chi connectivity index (χ3v) is 4.84. The van der Waals surface area contributed by atoms with Crippen LogP contribution < -0.4 is 9.61 Å². The fraction of sp³-hybridized carbons (Fsp3) is 0.250. The lowest BCUT2D eigenvalue weighted by Crippen LogP contribution is -2.17. The maximum absolute atomic E-state index is 11.4. The van der Waals surface area contributed by atoms with E-state index in [2.05, 4.69) is 9.97 Å². The number of aromatic nitrogens is 2. The van der Waals surface area contributed by atoms with E-state index in [1.54, 1.807) is 18.3 Å². The number of thiazole rings is 1. The summed E-state index contributed by atoms with van der Waals surface area (Å²) in [6.07, 6.45) is 1.51. The summed E-state index contributed by atoms with van der Waals surface area (Å²) in [5.41, 5.74) is 2.57. The number of aromatic amines is 1. The molecule has 2 N–H and O–H groups in total. The molecule has 28 heavy (non-hydrogen) atoms. The van der Waals surface area contributed by atoms with Crippen molar-refractivity contribution in [3.63, 3.8) is 0 Å². The van der Waals surface area contributed by atoms with Gasteiger partial charge in [0.15, 0.2) is 6.10 Å². The number of benzene rings is 1. The van der Waals surface area contributed by atoms with Crippen molar-refractivity contribution in [1.82, 2.24) is 9.97 Å². The molecule has 3 aromatic rings. The molecular weight excluding hydrogens is 380 g/mol. The number of carbonyl (C=O) groups is 1. The van der Waals surface area contributed by atoms with Gasteiger partial charge in [-0.1, -0.05) is 23.5 Å². The van der Waals surface area contributed by atoms with Crippen LogP contribution in [0.2, 0.25) is 0 Å². The van der Waals surface area contributed by atoms with Crippen LogP contribution in [0.3, 0.4) is 0 Å². The van der Waals surface area contributed by atoms with E-state index >= 15 is 0 Å². The van der Waals surface area contributed by atoms with Gasteiger partial charge in [-0.3, -0.25) is 19.6 Å². The monoisotopic (exact) mass is 400 g/mol. The van der Waals surface area contributed by atoms with Crippen molar-refractivity contribution in [3.05, 3.63) is 74.0 Å². The molecule has 0 saturated heterocycles. The van der Waals surface area contributed by atoms with Gasteiger partial charge >= 0.3 is 10.8 Å². The van der Waals surface area contributed by atoms with E-state index in [1.807, 2.05) is 31.2 Å². The third-order valence-electron chi connectivity index (χ3n) is 3.96. The van der Waals surface area contributed by atoms with Gasteiger partial charge in [-0.2, -0.15) is 0 Å². The second-order valence-electron chi connectivity index (χ2n) is 6.27. The number of pyridine rings is 1. The van der Waals surface area contributed by atoms with Crippen molar-refractivity contribution < 1.29 is 19.4 Å². The van der Waals surface area contributed by atoms with Gasteiger partial charge in [-0.25, -0.2) is 0 Å². The summed E-state index contributed by atoms with van der Waals surface area (Å²) in [7, 11) is 0. The Bertz CT molecular complexity index is 1010. The Labute approximate surface area is 165 Å². The lowest BCUT2D eigenvalue weighted by atomic mass is 10.1. The summed E-state index contributed by atoms with van der Waals surface area (Å²) >= 11 is 0.984. The molecule has 7 nitrogen and oxygen atoms in total. The van der Waals surface area contributed by atoms with E-state index in [9.17, 15) is 14.7 Å². The summed E-state index contributed by atoms with van der Waals surface area (Å²) in [4.78, 5) is 29.6. The second kappa shape index (κ2) is 8.71. The van der Waals surface area contributed by atoms with E-state index in [0.29, 0.717) is 22.7 Å². The molecule has 0 bridgehead atoms. The van der Waals surface area contributed by atoms with Gasteiger partial charge in [-0.05, 0) is 42.3 Å². The maximum Gasteiger partial charge on any atom is 0.307 e. The molecule has 3 rings (SSSR count). The zero-order valence-corrected chi connectivity index (χ0v) is 16.3. The molecule has 0 amide bonds. The van der Waals surface area contributed by atoms with Crippen LogP contribution in [0.15, 0.2) is 47.4 Å². The fourth-order valence-corrected chi connectivity index (χ4v) is 3.41. The molecule has 2 heterocycles. The molecule has 1 unspecified atom stereocenters. The van der Waals surface area contributed by atoms with Gasteiger partial charge in [0.1, 0.15) is 12.4 Å². The Morgan fingerprint density at radius 3 is 2.64 bits per heavy atom. The lowest BCUT2D eigenvalue weighted by molar-refractivity contribution is -0.148. The number of nitrogens with zero attached hydrogens (tertiary/aromatic N) is 1. The number of hydrogen-bond donors (Lipinski definition) is 2. The highest BCUT2D eigenvalue weighted by atomic mass is 32.1. The summed E-state index contributed by atoms with van der Waals surface area (Å²) in [6, 6.07) is 11.0. The molecule has 1 atom stereocenters. The molecular formula is C20H20N2O5S. The number of nitrogens with one attached hydrogen (secondary N) is 1. The van der Waals surface area contributed by atoms with Gasteiger partial charge in [0.2, 0.25) is 5.88 Å². The zero-order chi connectivity index (χ0) is 20.1. The average Bonchev–Trinajstić information content (AvgIpc) is 2.96. The van der Waals surface area contributed by atoms with Crippen molar-refractivity contribution in [2.45, 2.75) is 26.4 Å². The molecule has 0 aliphatic carbocycles. The van der Waals surface area contributed by atoms with Crippen molar-refractivity contribution in [1.29, 1.82) is 0 Å². The normalized spacial score (nSPS) is 11.8. The first-order chi connectivity index (χ1) is 13.4. The lowest BCUT2D eigenvalue weighted by Gasteiger charge is -2.17. The molecule has 0 aliphatic rings. The number of carbonyl (C=O) groups excluding carboxylic acids is 1. The van der Waals surface area contributed by atoms with E-state index in [1.165, 1.54) is 6.92 Å². The summed E-state index contributed by atoms with van der Waals surface area (Å²) < 4.78 is 11.1. The van der Waals surface area contributed by atoms with Crippen LogP contribution in [0.5, 0.6) is 11.6 Å². The van der Waals surface area contributed by atoms with Crippen molar-refractivity contribution >= 4 is 17.3 Å². The molecule has 0 aliphatic heterocycles. The van der Waals surface area contributed by atoms with Gasteiger partial charge in [-0.15, -0.1) is 0 Å². The Morgan fingerprint density at radius 1 is 1.29 bits per heavy atom. The molecule has 1 aromatic carbocycles. The number of aromatic hydroxyl groups is 1. The minimum atomic E-state index is -0.605. The topological polar surface area (TPSA) is 102 Å². The molecule has 8 heteroatoms. The van der Waals surface area contributed by atoms with Crippen LogP contribution in [0.1, 0.15) is 34.7 Å². The van der Waals surface area contributed by atoms with Crippen molar-refractivity contribution in [2.24, 2.45) is 0 Å². The Balaban J connectivity index is 1.65. The number of rotatable bonds is 7. The van der Waals surface area contributed by atoms with E-state index in [-0.39, 0.29) is 17.4 Å². The van der Waals surface area contributed by atoms with Gasteiger partial charge < -0.3 is 14.6 Å². The predicted octanol–water partition coefficient (Wildman–Crippen LogP) is 3.12. The fourth-order valence-electron chi connectivity index (χ4n) is 2.65. The van der Waals surface area contributed by atoms with Crippen LogP contribution in [0.25, 0.3) is 0 Å². The number of hydrogen-bond acceptors (Lipinski definition) is 7. The van der Waals surface area contributed by atoms with Crippen LogP contribution >= 0.6 is 11.3 Å². The first kappa shape index (κ1) is 19.6. The smallest absolute Gasteiger partial charge is 0.307 e. The Morgan fingerprint density at radius 2 is 2.04 bits per heavy atom. The molecule has 0 spiro atoms. The third kappa shape index (κ3) is 5.20. The molecule has 0 saturated carbocycles. The predicted molar refractivity (Wildman–Crippen MR) is 105 cm³/mol. The Hall–Kier alpha value is -3.13. The minimum absolute atomic E-state index is 0.0924. The zero-order valence-electron chi connectivity index (χ0n) is 15.5. The highest BCUT2D eigenvalue weighted by Crippen LogP contribution is 2.23. The number of ether oxygens (including phenoxy) is 2. The van der Waals surface area contributed by atoms with Crippen LogP contribution in [-0.2, 0) is 16.0 Å². The van der Waals surface area contributed by atoms with Gasteiger partial charge in [0, 0.05) is 19.5 Å². The van der Waals surface area contributed by atoms with Crippen molar-refractivity contribution in [2.75, 3.05) is 6.61 Å². The maximum atomic E-state index is 11.4. The van der Waals surface area contributed by atoms with E-state index < -0.39 is 12.1 Å². The van der Waals surface area contributed by atoms with E-state index in [0.717, 1.165) is 22.5 Å². The summed E-state index contributed by atoms with van der Waals surface area (Å²) in [5, 5.41) is 9.68. The quantitative estimate of drug-likeness (QED) is 0.591. The average molecular weight is 400 g/mol. The van der Waals surface area contributed by atoms with Crippen LogP contribution in [-0.4, -0.2) is 27.7 Å². The largest absolute Gasteiger partial charge is 0.494 e. The SMILES string of the molecule is CC(=O)OC(COc1ccc(Cc2sc(=O)[nH]c2O)cc1)c1cc(C)ccn1. The first-order valence-electron chi connectivity index (χ1n) is 8.63. The van der Waals surface area contributed by atoms with Gasteiger partial charge in [0.25, 0.3) is 0 Å². The number of aryl methyl sites for hydroxylation is 1. The van der Waals surface area contributed by atoms with Crippen LogP contribution in [0, 0.1) is 6.92 Å². The highest BCUT2D eigenvalue weighted by Gasteiger charge is 2.18. The first-order valence-corrected chi connectivity index (χ1v) is 9.45. The van der Waals surface area contributed by atoms with Crippen molar-refractivity contribution in [3.8, 4) is 11.6 Å². The second-order valence-corrected chi connectivity index (χ2v) is 7.34. The standard InChI is InChI=1S/C20H20N2O5S/c1-12-7-8-21-16(9-12)17(27-13(2)23)11-26-15-5-3-14(4-6-15)10-18-19(24)22-20(25)28-18/h3-9,17,24H,10-11H2,1-2H3,(H,22,25). The van der Waals surface area contributed by atoms with E-state index in [4.69, 9.17) is 9.47 Å². The van der Waals surface area contributed by atoms with Gasteiger partial charge in [0.05, 0.1) is 10.6 Å². The molecule has 0 radical (unpaired) electrons. The molecule has 146 valence electrons. The number of esters is 1. The Kier molecular flexibility index (Phi) is 6.10.